The van der Waals surface area contributed by atoms with Gasteiger partial charge in [-0.2, -0.15) is 0 Å². The summed E-state index contributed by atoms with van der Waals surface area (Å²) >= 11 is 0. The van der Waals surface area contributed by atoms with E-state index >= 15 is 0 Å². The number of hydrogen-bond acceptors (Lipinski definition) is 3. The highest BCUT2D eigenvalue weighted by Crippen LogP contribution is 2.27. The smallest absolute Gasteiger partial charge is 0.127 e. The van der Waals surface area contributed by atoms with E-state index in [1.165, 1.54) is 32.1 Å². The summed E-state index contributed by atoms with van der Waals surface area (Å²) in [5, 5.41) is 9.18. The lowest BCUT2D eigenvalue weighted by Crippen LogP contribution is -2.45. The van der Waals surface area contributed by atoms with Crippen LogP contribution in [0.25, 0.3) is 0 Å². The van der Waals surface area contributed by atoms with Gasteiger partial charge < -0.3 is 9.90 Å². The van der Waals surface area contributed by atoms with E-state index in [0.717, 1.165) is 19.3 Å². The lowest BCUT2D eigenvalue weighted by Gasteiger charge is -2.38. The molecule has 1 atom stereocenters. The standard InChI is InChI=1S/C14H27NO2/c1-3-14(2,12-17)11-15(9-10-16)13-7-5-4-6-8-13/h12-13,16H,3-11H2,1-2H3. The topological polar surface area (TPSA) is 40.5 Å². The molecule has 100 valence electrons. The number of nitrogens with zero attached hydrogens (tertiary/aromatic N) is 1. The number of aldehydes is 1. The Bertz CT molecular complexity index is 226. The molecule has 0 saturated heterocycles. The van der Waals surface area contributed by atoms with E-state index in [0.29, 0.717) is 12.6 Å². The van der Waals surface area contributed by atoms with Crippen LogP contribution in [0.2, 0.25) is 0 Å². The van der Waals surface area contributed by atoms with E-state index in [4.69, 9.17) is 0 Å². The molecule has 1 aliphatic carbocycles. The molecule has 0 aliphatic heterocycles. The number of carbonyl (C=O) groups excluding carboxylic acids is 1. The van der Waals surface area contributed by atoms with Crippen molar-refractivity contribution in [2.24, 2.45) is 5.41 Å². The van der Waals surface area contributed by atoms with Crippen LogP contribution in [0.15, 0.2) is 0 Å². The molecule has 1 aliphatic rings. The number of aliphatic hydroxyl groups excluding tert-OH is 1. The Kier molecular flexibility index (Phi) is 6.14. The first kappa shape index (κ1) is 14.7. The molecule has 0 bridgehead atoms. The second kappa shape index (κ2) is 7.12. The molecule has 1 N–H and O–H groups in total. The molecular formula is C14H27NO2. The van der Waals surface area contributed by atoms with E-state index in [2.05, 4.69) is 11.8 Å². The Labute approximate surface area is 105 Å². The van der Waals surface area contributed by atoms with E-state index in [-0.39, 0.29) is 12.0 Å². The predicted octanol–water partition coefficient (Wildman–Crippen LogP) is 2.23. The number of hydrogen-bond donors (Lipinski definition) is 1. The Balaban J connectivity index is 2.60. The third kappa shape index (κ3) is 4.40. The Morgan fingerprint density at radius 3 is 2.47 bits per heavy atom. The first-order chi connectivity index (χ1) is 8.15. The maximum Gasteiger partial charge on any atom is 0.127 e. The first-order valence-electron chi connectivity index (χ1n) is 6.96. The van der Waals surface area contributed by atoms with Crippen molar-refractivity contribution in [2.45, 2.75) is 58.4 Å². The second-order valence-corrected chi connectivity index (χ2v) is 5.61. The molecule has 17 heavy (non-hydrogen) atoms. The summed E-state index contributed by atoms with van der Waals surface area (Å²) in [6, 6.07) is 0.571. The highest BCUT2D eigenvalue weighted by Gasteiger charge is 2.29. The van der Waals surface area contributed by atoms with Crippen molar-refractivity contribution in [3.63, 3.8) is 0 Å². The quantitative estimate of drug-likeness (QED) is 0.695. The van der Waals surface area contributed by atoms with Crippen molar-refractivity contribution >= 4 is 6.29 Å². The summed E-state index contributed by atoms with van der Waals surface area (Å²) in [6.45, 7) is 5.76. The maximum atomic E-state index is 11.2. The van der Waals surface area contributed by atoms with Crippen molar-refractivity contribution in [3.05, 3.63) is 0 Å². The molecule has 3 heteroatoms. The minimum atomic E-state index is -0.257. The van der Waals surface area contributed by atoms with Crippen molar-refractivity contribution in [1.82, 2.24) is 4.90 Å². The molecule has 0 aromatic rings. The lowest BCUT2D eigenvalue weighted by atomic mass is 9.86. The molecule has 1 fully saturated rings. The van der Waals surface area contributed by atoms with Gasteiger partial charge in [-0.05, 0) is 19.3 Å². The predicted molar refractivity (Wildman–Crippen MR) is 70.0 cm³/mol. The van der Waals surface area contributed by atoms with Crippen LogP contribution in [0.4, 0.5) is 0 Å². The fraction of sp³-hybridized carbons (Fsp3) is 0.929. The van der Waals surface area contributed by atoms with Crippen molar-refractivity contribution in [2.75, 3.05) is 19.7 Å². The van der Waals surface area contributed by atoms with Crippen molar-refractivity contribution < 1.29 is 9.90 Å². The van der Waals surface area contributed by atoms with Gasteiger partial charge in [0.25, 0.3) is 0 Å². The van der Waals surface area contributed by atoms with Crippen LogP contribution < -0.4 is 0 Å². The molecule has 0 amide bonds. The highest BCUT2D eigenvalue weighted by molar-refractivity contribution is 5.58. The van der Waals surface area contributed by atoms with Crippen LogP contribution in [0.5, 0.6) is 0 Å². The summed E-state index contributed by atoms with van der Waals surface area (Å²) < 4.78 is 0. The van der Waals surface area contributed by atoms with Gasteiger partial charge in [0.1, 0.15) is 6.29 Å². The molecule has 1 unspecified atom stereocenters. The third-order valence-corrected chi connectivity index (χ3v) is 4.13. The zero-order chi connectivity index (χ0) is 12.7. The molecule has 0 aromatic carbocycles. The van der Waals surface area contributed by atoms with E-state index in [1.54, 1.807) is 0 Å². The van der Waals surface area contributed by atoms with E-state index in [1.807, 2.05) is 6.92 Å². The van der Waals surface area contributed by atoms with Gasteiger partial charge in [-0.15, -0.1) is 0 Å². The molecule has 0 radical (unpaired) electrons. The zero-order valence-electron chi connectivity index (χ0n) is 11.3. The normalized spacial score (nSPS) is 21.4. The maximum absolute atomic E-state index is 11.2. The first-order valence-corrected chi connectivity index (χ1v) is 6.96. The summed E-state index contributed by atoms with van der Waals surface area (Å²) in [5.41, 5.74) is -0.257. The van der Waals surface area contributed by atoms with Gasteiger partial charge in [0.05, 0.1) is 6.61 Å². The van der Waals surface area contributed by atoms with E-state index in [9.17, 15) is 9.90 Å². The summed E-state index contributed by atoms with van der Waals surface area (Å²) in [4.78, 5) is 13.5. The summed E-state index contributed by atoms with van der Waals surface area (Å²) in [6.07, 6.45) is 8.30. The van der Waals surface area contributed by atoms with Gasteiger partial charge >= 0.3 is 0 Å². The van der Waals surface area contributed by atoms with Crippen molar-refractivity contribution in [3.8, 4) is 0 Å². The van der Waals surface area contributed by atoms with Gasteiger partial charge in [-0.25, -0.2) is 0 Å². The average molecular weight is 241 g/mol. The fourth-order valence-corrected chi connectivity index (χ4v) is 2.66. The molecule has 3 nitrogen and oxygen atoms in total. The summed E-state index contributed by atoms with van der Waals surface area (Å²) in [7, 11) is 0. The van der Waals surface area contributed by atoms with Crippen LogP contribution in [0.1, 0.15) is 52.4 Å². The molecule has 0 heterocycles. The third-order valence-electron chi connectivity index (χ3n) is 4.13. The van der Waals surface area contributed by atoms with Crippen LogP contribution >= 0.6 is 0 Å². The van der Waals surface area contributed by atoms with Crippen LogP contribution in [-0.2, 0) is 4.79 Å². The average Bonchev–Trinajstić information content (AvgIpc) is 2.39. The Morgan fingerprint density at radius 1 is 1.35 bits per heavy atom. The molecule has 1 saturated carbocycles. The highest BCUT2D eigenvalue weighted by atomic mass is 16.3. The van der Waals surface area contributed by atoms with Gasteiger partial charge in [-0.3, -0.25) is 4.90 Å². The molecular weight excluding hydrogens is 214 g/mol. The monoisotopic (exact) mass is 241 g/mol. The van der Waals surface area contributed by atoms with E-state index < -0.39 is 0 Å². The van der Waals surface area contributed by atoms with Gasteiger partial charge in [0, 0.05) is 24.5 Å². The Hall–Kier alpha value is -0.410. The van der Waals surface area contributed by atoms with Gasteiger partial charge in [0.2, 0.25) is 0 Å². The van der Waals surface area contributed by atoms with Gasteiger partial charge in [0.15, 0.2) is 0 Å². The van der Waals surface area contributed by atoms with Crippen molar-refractivity contribution in [1.29, 1.82) is 0 Å². The van der Waals surface area contributed by atoms with Crippen LogP contribution in [0.3, 0.4) is 0 Å². The largest absolute Gasteiger partial charge is 0.395 e. The number of carbonyl (C=O) groups is 1. The Morgan fingerprint density at radius 2 is 2.00 bits per heavy atom. The molecule has 0 aromatic heterocycles. The fourth-order valence-electron chi connectivity index (χ4n) is 2.66. The van der Waals surface area contributed by atoms with Crippen LogP contribution in [0, 0.1) is 5.41 Å². The summed E-state index contributed by atoms with van der Waals surface area (Å²) in [5.74, 6) is 0. The second-order valence-electron chi connectivity index (χ2n) is 5.61. The number of aliphatic hydroxyl groups is 1. The minimum absolute atomic E-state index is 0.190. The lowest BCUT2D eigenvalue weighted by molar-refractivity contribution is -0.117. The zero-order valence-corrected chi connectivity index (χ0v) is 11.3. The molecule has 0 spiro atoms. The van der Waals surface area contributed by atoms with Gasteiger partial charge in [-0.1, -0.05) is 33.1 Å². The SMILES string of the molecule is CCC(C)(C=O)CN(CCO)C1CCCCC1. The van der Waals surface area contributed by atoms with Crippen LogP contribution in [-0.4, -0.2) is 42.0 Å². The number of rotatable bonds is 7. The minimum Gasteiger partial charge on any atom is -0.395 e. The molecule has 1 rings (SSSR count).